The molecule has 7 heteroatoms. The highest BCUT2D eigenvalue weighted by Gasteiger charge is 2.21. The Bertz CT molecular complexity index is 612. The summed E-state index contributed by atoms with van der Waals surface area (Å²) in [6, 6.07) is 8.42. The molecular formula is C13H13N3O3S. The van der Waals surface area contributed by atoms with Crippen molar-refractivity contribution in [2.75, 3.05) is 0 Å². The lowest BCUT2D eigenvalue weighted by Crippen LogP contribution is -2.30. The highest BCUT2D eigenvalue weighted by atomic mass is 32.1. The third-order valence-electron chi connectivity index (χ3n) is 2.74. The van der Waals surface area contributed by atoms with E-state index in [1.807, 2.05) is 6.07 Å². The van der Waals surface area contributed by atoms with Crippen molar-refractivity contribution in [3.8, 4) is 0 Å². The van der Waals surface area contributed by atoms with Crippen LogP contribution in [0.4, 0.5) is 0 Å². The number of hydrogen-bond donors (Lipinski definition) is 2. The molecule has 2 aromatic rings. The summed E-state index contributed by atoms with van der Waals surface area (Å²) in [5, 5.41) is 15.5. The lowest BCUT2D eigenvalue weighted by atomic mass is 10.0. The number of carbonyl (C=O) groups excluding carboxylic acids is 1. The van der Waals surface area contributed by atoms with Gasteiger partial charge in [0, 0.05) is 0 Å². The van der Waals surface area contributed by atoms with Gasteiger partial charge >= 0.3 is 5.97 Å². The van der Waals surface area contributed by atoms with Crippen molar-refractivity contribution in [1.29, 1.82) is 0 Å². The van der Waals surface area contributed by atoms with Crippen LogP contribution < -0.4 is 5.32 Å². The van der Waals surface area contributed by atoms with E-state index in [1.54, 1.807) is 31.2 Å². The Hall–Kier alpha value is -2.28. The van der Waals surface area contributed by atoms with Gasteiger partial charge in [0.1, 0.15) is 4.88 Å². The fourth-order valence-electron chi connectivity index (χ4n) is 1.78. The molecule has 1 amide bonds. The number of nitrogens with one attached hydrogen (secondary N) is 1. The van der Waals surface area contributed by atoms with Crippen LogP contribution in [0.5, 0.6) is 0 Å². The highest BCUT2D eigenvalue weighted by molar-refractivity contribution is 7.08. The van der Waals surface area contributed by atoms with Crippen molar-refractivity contribution in [2.24, 2.45) is 0 Å². The standard InChI is InChI=1S/C13H13N3O3S/c1-8-12(20-16-15-8)13(19)14-10(7-11(17)18)9-5-3-2-4-6-9/h2-6,10H,7H2,1H3,(H,14,19)(H,17,18). The Morgan fingerprint density at radius 3 is 2.60 bits per heavy atom. The van der Waals surface area contributed by atoms with Crippen LogP contribution in [0.1, 0.15) is 33.4 Å². The highest BCUT2D eigenvalue weighted by Crippen LogP contribution is 2.18. The first-order valence-electron chi connectivity index (χ1n) is 5.94. The van der Waals surface area contributed by atoms with Gasteiger partial charge < -0.3 is 10.4 Å². The second kappa shape index (κ2) is 6.25. The van der Waals surface area contributed by atoms with E-state index in [0.717, 1.165) is 17.1 Å². The molecule has 1 aromatic carbocycles. The molecular weight excluding hydrogens is 278 g/mol. The van der Waals surface area contributed by atoms with Gasteiger partial charge in [-0.2, -0.15) is 0 Å². The largest absolute Gasteiger partial charge is 0.481 e. The van der Waals surface area contributed by atoms with Gasteiger partial charge in [0.2, 0.25) is 0 Å². The van der Waals surface area contributed by atoms with Gasteiger partial charge in [-0.25, -0.2) is 0 Å². The van der Waals surface area contributed by atoms with E-state index in [-0.39, 0.29) is 12.3 Å². The first-order chi connectivity index (χ1) is 9.58. The van der Waals surface area contributed by atoms with Crippen LogP contribution in [0.15, 0.2) is 30.3 Å². The molecule has 0 saturated heterocycles. The number of benzene rings is 1. The second-order valence-corrected chi connectivity index (χ2v) is 4.98. The normalized spacial score (nSPS) is 11.8. The minimum Gasteiger partial charge on any atom is -0.481 e. The number of carbonyl (C=O) groups is 2. The summed E-state index contributed by atoms with van der Waals surface area (Å²) in [4.78, 5) is 23.5. The summed E-state index contributed by atoms with van der Waals surface area (Å²) < 4.78 is 3.70. The molecule has 1 heterocycles. The summed E-state index contributed by atoms with van der Waals surface area (Å²) in [5.41, 5.74) is 1.29. The van der Waals surface area contributed by atoms with Crippen molar-refractivity contribution in [3.05, 3.63) is 46.5 Å². The van der Waals surface area contributed by atoms with E-state index in [1.165, 1.54) is 0 Å². The van der Waals surface area contributed by atoms with Crippen LogP contribution in [-0.2, 0) is 4.79 Å². The molecule has 0 fully saturated rings. The van der Waals surface area contributed by atoms with E-state index >= 15 is 0 Å². The predicted molar refractivity (Wildman–Crippen MR) is 73.5 cm³/mol. The minimum absolute atomic E-state index is 0.180. The summed E-state index contributed by atoms with van der Waals surface area (Å²) in [6.45, 7) is 1.69. The van der Waals surface area contributed by atoms with E-state index in [9.17, 15) is 9.59 Å². The average molecular weight is 291 g/mol. The molecule has 0 spiro atoms. The van der Waals surface area contributed by atoms with Gasteiger partial charge in [-0.15, -0.1) is 5.10 Å². The number of aliphatic carboxylic acids is 1. The van der Waals surface area contributed by atoms with Crippen LogP contribution in [0.25, 0.3) is 0 Å². The molecule has 0 saturated carbocycles. The van der Waals surface area contributed by atoms with Gasteiger partial charge in [-0.1, -0.05) is 34.8 Å². The van der Waals surface area contributed by atoms with E-state index < -0.39 is 12.0 Å². The molecule has 0 aliphatic rings. The number of aryl methyl sites for hydroxylation is 1. The van der Waals surface area contributed by atoms with Gasteiger partial charge in [0.05, 0.1) is 18.2 Å². The molecule has 20 heavy (non-hydrogen) atoms. The Kier molecular flexibility index (Phi) is 4.41. The number of aromatic nitrogens is 2. The summed E-state index contributed by atoms with van der Waals surface area (Å²) in [5.74, 6) is -1.33. The number of carboxylic acid groups (broad SMARTS) is 1. The number of hydrogen-bond acceptors (Lipinski definition) is 5. The molecule has 2 rings (SSSR count). The van der Waals surface area contributed by atoms with Crippen LogP contribution in [0, 0.1) is 6.92 Å². The lowest BCUT2D eigenvalue weighted by molar-refractivity contribution is -0.137. The zero-order chi connectivity index (χ0) is 14.5. The minimum atomic E-state index is -0.974. The molecule has 104 valence electrons. The Labute approximate surface area is 119 Å². The number of carboxylic acids is 1. The lowest BCUT2D eigenvalue weighted by Gasteiger charge is -2.16. The SMILES string of the molecule is Cc1nnsc1C(=O)NC(CC(=O)O)c1ccccc1. The zero-order valence-electron chi connectivity index (χ0n) is 10.7. The predicted octanol–water partition coefficient (Wildman–Crippen LogP) is 1.79. The maximum absolute atomic E-state index is 12.1. The summed E-state index contributed by atoms with van der Waals surface area (Å²) in [7, 11) is 0. The van der Waals surface area contributed by atoms with Crippen molar-refractivity contribution in [1.82, 2.24) is 14.9 Å². The van der Waals surface area contributed by atoms with E-state index in [4.69, 9.17) is 5.11 Å². The maximum atomic E-state index is 12.1. The molecule has 0 aliphatic carbocycles. The molecule has 0 radical (unpaired) electrons. The maximum Gasteiger partial charge on any atom is 0.305 e. The summed E-state index contributed by atoms with van der Waals surface area (Å²) >= 11 is 0.993. The number of amides is 1. The number of rotatable bonds is 5. The molecule has 0 aliphatic heterocycles. The second-order valence-electron chi connectivity index (χ2n) is 4.22. The first kappa shape index (κ1) is 14.1. The third kappa shape index (κ3) is 3.39. The van der Waals surface area contributed by atoms with Crippen molar-refractivity contribution < 1.29 is 14.7 Å². The fraction of sp³-hybridized carbons (Fsp3) is 0.231. The van der Waals surface area contributed by atoms with Gasteiger partial charge in [-0.3, -0.25) is 9.59 Å². The van der Waals surface area contributed by atoms with E-state index in [2.05, 4.69) is 14.9 Å². The third-order valence-corrected chi connectivity index (χ3v) is 3.57. The van der Waals surface area contributed by atoms with Gasteiger partial charge in [0.15, 0.2) is 0 Å². The molecule has 1 aromatic heterocycles. The van der Waals surface area contributed by atoms with Crippen LogP contribution in [0.2, 0.25) is 0 Å². The molecule has 0 bridgehead atoms. The molecule has 2 N–H and O–H groups in total. The smallest absolute Gasteiger partial charge is 0.305 e. The quantitative estimate of drug-likeness (QED) is 0.876. The van der Waals surface area contributed by atoms with Crippen molar-refractivity contribution in [3.63, 3.8) is 0 Å². The van der Waals surface area contributed by atoms with Crippen molar-refractivity contribution >= 4 is 23.4 Å². The van der Waals surface area contributed by atoms with Crippen LogP contribution >= 0.6 is 11.5 Å². The average Bonchev–Trinajstić information content (AvgIpc) is 2.85. The van der Waals surface area contributed by atoms with Crippen LogP contribution in [-0.4, -0.2) is 26.6 Å². The van der Waals surface area contributed by atoms with Gasteiger partial charge in [0.25, 0.3) is 5.91 Å². The first-order valence-corrected chi connectivity index (χ1v) is 6.72. The Morgan fingerprint density at radius 1 is 1.35 bits per heavy atom. The van der Waals surface area contributed by atoms with Crippen molar-refractivity contribution in [2.45, 2.75) is 19.4 Å². The Balaban J connectivity index is 2.18. The topological polar surface area (TPSA) is 92.2 Å². The van der Waals surface area contributed by atoms with Crippen LogP contribution in [0.3, 0.4) is 0 Å². The van der Waals surface area contributed by atoms with Gasteiger partial charge in [-0.05, 0) is 24.0 Å². The molecule has 1 atom stereocenters. The monoisotopic (exact) mass is 291 g/mol. The Morgan fingerprint density at radius 2 is 2.05 bits per heavy atom. The van der Waals surface area contributed by atoms with E-state index in [0.29, 0.717) is 10.6 Å². The molecule has 1 unspecified atom stereocenters. The zero-order valence-corrected chi connectivity index (χ0v) is 11.6. The molecule has 6 nitrogen and oxygen atoms in total. The number of nitrogens with zero attached hydrogens (tertiary/aromatic N) is 2. The fourth-order valence-corrected chi connectivity index (χ4v) is 2.34. The summed E-state index contributed by atoms with van der Waals surface area (Å²) in [6.07, 6.45) is -0.180.